The van der Waals surface area contributed by atoms with E-state index in [4.69, 9.17) is 11.6 Å². The van der Waals surface area contributed by atoms with Gasteiger partial charge in [0.05, 0.1) is 22.6 Å². The highest BCUT2D eigenvalue weighted by Gasteiger charge is 2.17. The van der Waals surface area contributed by atoms with E-state index in [0.29, 0.717) is 17.1 Å². The number of aryl methyl sites for hydroxylation is 1. The van der Waals surface area contributed by atoms with Gasteiger partial charge in [-0.15, -0.1) is 0 Å². The summed E-state index contributed by atoms with van der Waals surface area (Å²) in [4.78, 5) is 15.8. The molecule has 2 rings (SSSR count). The Morgan fingerprint density at radius 2 is 2.41 bits per heavy atom. The number of carbonyl (C=O) groups excluding carboxylic acids is 1. The van der Waals surface area contributed by atoms with Crippen molar-refractivity contribution in [2.45, 2.75) is 13.3 Å². The van der Waals surface area contributed by atoms with Crippen LogP contribution in [-0.4, -0.2) is 21.1 Å². The number of pyridine rings is 1. The molecule has 0 saturated carbocycles. The molecule has 2 heterocycles. The summed E-state index contributed by atoms with van der Waals surface area (Å²) in [5, 5.41) is 9.66. The van der Waals surface area contributed by atoms with E-state index >= 15 is 0 Å². The normalized spacial score (nSPS) is 10.2. The van der Waals surface area contributed by atoms with E-state index in [9.17, 15) is 4.79 Å². The Kier molecular flexibility index (Phi) is 3.39. The number of anilines is 1. The van der Waals surface area contributed by atoms with Gasteiger partial charge in [-0.2, -0.15) is 5.10 Å². The first-order chi connectivity index (χ1) is 8.22. The molecule has 0 atom stereocenters. The zero-order valence-corrected chi connectivity index (χ0v) is 9.95. The van der Waals surface area contributed by atoms with Crippen LogP contribution >= 0.6 is 11.6 Å². The van der Waals surface area contributed by atoms with Gasteiger partial charge in [-0.3, -0.25) is 14.9 Å². The quantitative estimate of drug-likeness (QED) is 0.878. The zero-order valence-electron chi connectivity index (χ0n) is 9.20. The number of hydrogen-bond acceptors (Lipinski definition) is 3. The van der Waals surface area contributed by atoms with E-state index in [1.807, 2.05) is 6.92 Å². The number of rotatable bonds is 3. The molecule has 0 aliphatic carbocycles. The van der Waals surface area contributed by atoms with Crippen LogP contribution in [0.25, 0.3) is 0 Å². The number of nitrogens with one attached hydrogen (secondary N) is 2. The number of nitrogens with zero attached hydrogens (tertiary/aromatic N) is 2. The van der Waals surface area contributed by atoms with E-state index in [0.717, 1.165) is 5.69 Å². The molecule has 2 aromatic rings. The lowest BCUT2D eigenvalue weighted by atomic mass is 10.3. The maximum absolute atomic E-state index is 11.9. The molecule has 0 unspecified atom stereocenters. The Labute approximate surface area is 103 Å². The smallest absolute Gasteiger partial charge is 0.277 e. The third kappa shape index (κ3) is 2.45. The monoisotopic (exact) mass is 250 g/mol. The van der Waals surface area contributed by atoms with Crippen LogP contribution < -0.4 is 5.32 Å². The van der Waals surface area contributed by atoms with Crippen molar-refractivity contribution in [3.05, 3.63) is 40.9 Å². The first-order valence-electron chi connectivity index (χ1n) is 5.16. The highest BCUT2D eigenvalue weighted by atomic mass is 35.5. The number of halogens is 1. The summed E-state index contributed by atoms with van der Waals surface area (Å²) in [6.07, 6.45) is 3.89. The molecule has 6 heteroatoms. The van der Waals surface area contributed by atoms with Crippen molar-refractivity contribution in [1.29, 1.82) is 0 Å². The predicted molar refractivity (Wildman–Crippen MR) is 65.2 cm³/mol. The molecule has 2 aromatic heterocycles. The molecule has 0 bridgehead atoms. The lowest BCUT2D eigenvalue weighted by Crippen LogP contribution is -2.13. The highest BCUT2D eigenvalue weighted by Crippen LogP contribution is 2.19. The fraction of sp³-hybridized carbons (Fsp3) is 0.182. The highest BCUT2D eigenvalue weighted by molar-refractivity contribution is 6.34. The van der Waals surface area contributed by atoms with Crippen LogP contribution in [0.1, 0.15) is 23.1 Å². The van der Waals surface area contributed by atoms with Gasteiger partial charge in [0.25, 0.3) is 5.91 Å². The lowest BCUT2D eigenvalue weighted by molar-refractivity contribution is 0.102. The standard InChI is InChI=1S/C11H11ClN4O/c1-2-8-9(12)10(16-15-8)11(17)14-7-4-3-5-13-6-7/h3-6H,2H2,1H3,(H,14,17)(H,15,16). The molecule has 1 amide bonds. The molecule has 17 heavy (non-hydrogen) atoms. The Hall–Kier alpha value is -1.88. The van der Waals surface area contributed by atoms with Crippen molar-refractivity contribution in [1.82, 2.24) is 15.2 Å². The van der Waals surface area contributed by atoms with Crippen LogP contribution in [0.2, 0.25) is 5.02 Å². The summed E-state index contributed by atoms with van der Waals surface area (Å²) in [6, 6.07) is 3.48. The van der Waals surface area contributed by atoms with E-state index in [-0.39, 0.29) is 11.6 Å². The fourth-order valence-corrected chi connectivity index (χ4v) is 1.68. The molecular formula is C11H11ClN4O. The topological polar surface area (TPSA) is 70.7 Å². The molecule has 0 spiro atoms. The van der Waals surface area contributed by atoms with E-state index in [1.165, 1.54) is 0 Å². The fourth-order valence-electron chi connectivity index (χ4n) is 1.38. The van der Waals surface area contributed by atoms with Crippen LogP contribution in [0, 0.1) is 0 Å². The maximum atomic E-state index is 11.9. The largest absolute Gasteiger partial charge is 0.319 e. The van der Waals surface area contributed by atoms with Crippen LogP contribution in [0.15, 0.2) is 24.5 Å². The molecule has 0 fully saturated rings. The third-order valence-corrected chi connectivity index (χ3v) is 2.67. The van der Waals surface area contributed by atoms with Gasteiger partial charge in [0.2, 0.25) is 0 Å². The van der Waals surface area contributed by atoms with Gasteiger partial charge < -0.3 is 5.32 Å². The molecule has 0 aliphatic heterocycles. The molecule has 88 valence electrons. The molecule has 0 saturated heterocycles. The second kappa shape index (κ2) is 4.97. The van der Waals surface area contributed by atoms with E-state index in [2.05, 4.69) is 20.5 Å². The minimum absolute atomic E-state index is 0.201. The average Bonchev–Trinajstić information content (AvgIpc) is 2.71. The number of aromatic amines is 1. The van der Waals surface area contributed by atoms with Crippen molar-refractivity contribution in [2.24, 2.45) is 0 Å². The molecule has 0 aliphatic rings. The summed E-state index contributed by atoms with van der Waals surface area (Å²) in [5.41, 5.74) is 1.56. The van der Waals surface area contributed by atoms with Crippen LogP contribution in [-0.2, 0) is 6.42 Å². The molecular weight excluding hydrogens is 240 g/mol. The van der Waals surface area contributed by atoms with Crippen molar-refractivity contribution >= 4 is 23.2 Å². The van der Waals surface area contributed by atoms with Gasteiger partial charge in [0, 0.05) is 6.20 Å². The molecule has 0 radical (unpaired) electrons. The number of aromatic nitrogens is 3. The second-order valence-electron chi connectivity index (χ2n) is 3.41. The Morgan fingerprint density at radius 1 is 1.59 bits per heavy atom. The summed E-state index contributed by atoms with van der Waals surface area (Å²) >= 11 is 6.02. The number of H-pyrrole nitrogens is 1. The van der Waals surface area contributed by atoms with Gasteiger partial charge in [-0.1, -0.05) is 18.5 Å². The summed E-state index contributed by atoms with van der Waals surface area (Å²) in [5.74, 6) is -0.348. The van der Waals surface area contributed by atoms with E-state index in [1.54, 1.807) is 24.5 Å². The van der Waals surface area contributed by atoms with Gasteiger partial charge in [-0.05, 0) is 18.6 Å². The van der Waals surface area contributed by atoms with Crippen molar-refractivity contribution < 1.29 is 4.79 Å². The second-order valence-corrected chi connectivity index (χ2v) is 3.79. The van der Waals surface area contributed by atoms with E-state index < -0.39 is 0 Å². The minimum atomic E-state index is -0.348. The minimum Gasteiger partial charge on any atom is -0.319 e. The van der Waals surface area contributed by atoms with Crippen LogP contribution in [0.4, 0.5) is 5.69 Å². The summed E-state index contributed by atoms with van der Waals surface area (Å²) in [6.45, 7) is 1.93. The maximum Gasteiger partial charge on any atom is 0.277 e. The van der Waals surface area contributed by atoms with Gasteiger partial charge in [0.15, 0.2) is 5.69 Å². The van der Waals surface area contributed by atoms with Crippen LogP contribution in [0.3, 0.4) is 0 Å². The number of amides is 1. The Balaban J connectivity index is 2.18. The molecule has 0 aromatic carbocycles. The average molecular weight is 251 g/mol. The first kappa shape index (κ1) is 11.6. The van der Waals surface area contributed by atoms with Crippen molar-refractivity contribution in [3.63, 3.8) is 0 Å². The number of carbonyl (C=O) groups is 1. The molecule has 2 N–H and O–H groups in total. The third-order valence-electron chi connectivity index (χ3n) is 2.26. The van der Waals surface area contributed by atoms with Gasteiger partial charge in [-0.25, -0.2) is 0 Å². The molecule has 5 nitrogen and oxygen atoms in total. The predicted octanol–water partition coefficient (Wildman–Crippen LogP) is 2.27. The van der Waals surface area contributed by atoms with Gasteiger partial charge in [0.1, 0.15) is 0 Å². The van der Waals surface area contributed by atoms with Crippen molar-refractivity contribution in [2.75, 3.05) is 5.32 Å². The Bertz CT molecular complexity index is 524. The Morgan fingerprint density at radius 3 is 3.00 bits per heavy atom. The first-order valence-corrected chi connectivity index (χ1v) is 5.54. The SMILES string of the molecule is CCc1[nH]nc(C(=O)Nc2cccnc2)c1Cl. The summed E-state index contributed by atoms with van der Waals surface area (Å²) < 4.78 is 0. The van der Waals surface area contributed by atoms with Crippen LogP contribution in [0.5, 0.6) is 0 Å². The van der Waals surface area contributed by atoms with Gasteiger partial charge >= 0.3 is 0 Å². The zero-order chi connectivity index (χ0) is 12.3. The summed E-state index contributed by atoms with van der Waals surface area (Å²) in [7, 11) is 0. The lowest BCUT2D eigenvalue weighted by Gasteiger charge is -2.01. The number of hydrogen-bond donors (Lipinski definition) is 2. The van der Waals surface area contributed by atoms with Crippen molar-refractivity contribution in [3.8, 4) is 0 Å².